The Morgan fingerprint density at radius 3 is 3.00 bits per heavy atom. The Morgan fingerprint density at radius 1 is 1.59 bits per heavy atom. The maximum Gasteiger partial charge on any atom is 0.103 e. The third kappa shape index (κ3) is 5.58. The van der Waals surface area contributed by atoms with Crippen LogP contribution >= 0.6 is 23.1 Å². The molecule has 1 aromatic rings. The van der Waals surface area contributed by atoms with Gasteiger partial charge in [0, 0.05) is 0 Å². The number of hydrogen-bond donors (Lipinski definition) is 1. The van der Waals surface area contributed by atoms with Gasteiger partial charge in [0.1, 0.15) is 5.54 Å². The van der Waals surface area contributed by atoms with E-state index in [0.29, 0.717) is 0 Å². The van der Waals surface area contributed by atoms with E-state index in [2.05, 4.69) is 35.8 Å². The van der Waals surface area contributed by atoms with Crippen LogP contribution in [0.4, 0.5) is 0 Å². The first-order chi connectivity index (χ1) is 8.20. The number of nitriles is 1. The summed E-state index contributed by atoms with van der Waals surface area (Å²) in [6.07, 6.45) is 3.06. The molecule has 0 amide bonds. The molecule has 0 spiro atoms. The van der Waals surface area contributed by atoms with Gasteiger partial charge in [-0.05, 0) is 49.9 Å². The number of nitrogens with zero attached hydrogens (tertiary/aromatic N) is 1. The Bertz CT molecular complexity index is 343. The summed E-state index contributed by atoms with van der Waals surface area (Å²) in [4.78, 5) is 0. The zero-order valence-corrected chi connectivity index (χ0v) is 12.2. The monoisotopic (exact) mass is 268 g/mol. The van der Waals surface area contributed by atoms with Crippen LogP contribution in [-0.2, 0) is 0 Å². The Labute approximate surface area is 112 Å². The van der Waals surface area contributed by atoms with Crippen LogP contribution in [0, 0.1) is 11.3 Å². The molecule has 0 saturated carbocycles. The highest BCUT2D eigenvalue weighted by Gasteiger charge is 2.21. The van der Waals surface area contributed by atoms with Crippen molar-refractivity contribution < 1.29 is 0 Å². The van der Waals surface area contributed by atoms with Crippen LogP contribution in [-0.4, -0.2) is 17.8 Å². The van der Waals surface area contributed by atoms with E-state index in [-0.39, 0.29) is 5.54 Å². The lowest BCUT2D eigenvalue weighted by Crippen LogP contribution is -2.41. The third-order valence-corrected chi connectivity index (χ3v) is 4.79. The number of thioether (sulfide) groups is 1. The normalized spacial score (nSPS) is 14.2. The molecule has 0 saturated heterocycles. The summed E-state index contributed by atoms with van der Waals surface area (Å²) in [6.45, 7) is 5.04. The van der Waals surface area contributed by atoms with Crippen molar-refractivity contribution >= 4 is 23.1 Å². The van der Waals surface area contributed by atoms with Gasteiger partial charge < -0.3 is 0 Å². The topological polar surface area (TPSA) is 35.8 Å². The van der Waals surface area contributed by atoms with E-state index in [1.807, 2.05) is 18.7 Å². The summed E-state index contributed by atoms with van der Waals surface area (Å²) < 4.78 is 1.37. The van der Waals surface area contributed by atoms with Crippen LogP contribution < -0.4 is 5.32 Å². The number of nitrogens with one attached hydrogen (secondary N) is 1. The third-order valence-electron chi connectivity index (χ3n) is 2.57. The quantitative estimate of drug-likeness (QED) is 0.574. The second kappa shape index (κ2) is 7.75. The molecule has 0 fully saturated rings. The average Bonchev–Trinajstić information content (AvgIpc) is 2.85. The van der Waals surface area contributed by atoms with Crippen LogP contribution in [0.1, 0.15) is 33.1 Å². The average molecular weight is 268 g/mol. The first-order valence-corrected chi connectivity index (χ1v) is 7.89. The molecule has 0 aliphatic carbocycles. The van der Waals surface area contributed by atoms with Gasteiger partial charge in [0.15, 0.2) is 0 Å². The van der Waals surface area contributed by atoms with Crippen molar-refractivity contribution in [3.05, 3.63) is 17.5 Å². The highest BCUT2D eigenvalue weighted by Crippen LogP contribution is 2.25. The second-order valence-corrected chi connectivity index (χ2v) is 6.60. The van der Waals surface area contributed by atoms with Crippen molar-refractivity contribution in [1.29, 1.82) is 5.26 Å². The lowest BCUT2D eigenvalue weighted by molar-refractivity contribution is 0.415. The smallest absolute Gasteiger partial charge is 0.103 e. The van der Waals surface area contributed by atoms with Crippen molar-refractivity contribution in [2.24, 2.45) is 0 Å². The summed E-state index contributed by atoms with van der Waals surface area (Å²) in [5.74, 6) is 1.09. The lowest BCUT2D eigenvalue weighted by Gasteiger charge is -2.22. The molecule has 1 heterocycles. The fraction of sp³-hybridized carbons (Fsp3) is 0.615. The van der Waals surface area contributed by atoms with E-state index >= 15 is 0 Å². The maximum atomic E-state index is 9.18. The Hall–Kier alpha value is -0.500. The lowest BCUT2D eigenvalue weighted by atomic mass is 9.98. The first-order valence-electron chi connectivity index (χ1n) is 6.03. The SMILES string of the molecule is CCCNC(C)(C#N)CCCSc1cccs1. The molecule has 1 atom stereocenters. The minimum atomic E-state index is -0.355. The fourth-order valence-corrected chi connectivity index (χ4v) is 3.33. The van der Waals surface area contributed by atoms with E-state index < -0.39 is 0 Å². The molecule has 17 heavy (non-hydrogen) atoms. The van der Waals surface area contributed by atoms with Gasteiger partial charge in [0.25, 0.3) is 0 Å². The summed E-state index contributed by atoms with van der Waals surface area (Å²) in [5, 5.41) is 14.6. The highest BCUT2D eigenvalue weighted by atomic mass is 32.2. The maximum absolute atomic E-state index is 9.18. The van der Waals surface area contributed by atoms with Gasteiger partial charge in [-0.3, -0.25) is 5.32 Å². The molecule has 1 rings (SSSR count). The van der Waals surface area contributed by atoms with Crippen molar-refractivity contribution in [2.75, 3.05) is 12.3 Å². The molecule has 4 heteroatoms. The van der Waals surface area contributed by atoms with Gasteiger partial charge in [-0.25, -0.2) is 0 Å². The van der Waals surface area contributed by atoms with Gasteiger partial charge >= 0.3 is 0 Å². The predicted molar refractivity (Wildman–Crippen MR) is 76.6 cm³/mol. The molecule has 0 radical (unpaired) electrons. The van der Waals surface area contributed by atoms with Crippen LogP contribution in [0.3, 0.4) is 0 Å². The Kier molecular flexibility index (Phi) is 6.64. The van der Waals surface area contributed by atoms with Crippen LogP contribution in [0.5, 0.6) is 0 Å². The van der Waals surface area contributed by atoms with Crippen molar-refractivity contribution in [1.82, 2.24) is 5.32 Å². The first kappa shape index (κ1) is 14.6. The molecule has 94 valence electrons. The summed E-state index contributed by atoms with van der Waals surface area (Å²) in [7, 11) is 0. The van der Waals surface area contributed by atoms with E-state index in [1.165, 1.54) is 4.21 Å². The zero-order chi connectivity index (χ0) is 12.6. The standard InChI is InChI=1S/C13H20N2S2/c1-3-8-15-13(2,11-14)7-5-10-17-12-6-4-9-16-12/h4,6,9,15H,3,5,7-8,10H2,1-2H3. The number of thiophene rings is 1. The molecular formula is C13H20N2S2. The van der Waals surface area contributed by atoms with Crippen molar-refractivity contribution in [2.45, 2.75) is 42.9 Å². The van der Waals surface area contributed by atoms with Crippen molar-refractivity contribution in [3.8, 4) is 6.07 Å². The van der Waals surface area contributed by atoms with E-state index in [9.17, 15) is 5.26 Å². The highest BCUT2D eigenvalue weighted by molar-refractivity contribution is 8.01. The summed E-state index contributed by atoms with van der Waals surface area (Å²) >= 11 is 3.67. The second-order valence-electron chi connectivity index (χ2n) is 4.25. The molecule has 1 N–H and O–H groups in total. The molecule has 1 unspecified atom stereocenters. The zero-order valence-electron chi connectivity index (χ0n) is 10.5. The summed E-state index contributed by atoms with van der Waals surface area (Å²) in [6, 6.07) is 6.61. The molecule has 0 aliphatic heterocycles. The minimum absolute atomic E-state index is 0.355. The molecule has 2 nitrogen and oxygen atoms in total. The van der Waals surface area contributed by atoms with E-state index in [0.717, 1.165) is 31.6 Å². The van der Waals surface area contributed by atoms with Gasteiger partial charge in [-0.15, -0.1) is 23.1 Å². The Morgan fingerprint density at radius 2 is 2.41 bits per heavy atom. The Balaban J connectivity index is 2.21. The summed E-state index contributed by atoms with van der Waals surface area (Å²) in [5.41, 5.74) is -0.355. The molecule has 0 aromatic carbocycles. The number of hydrogen-bond acceptors (Lipinski definition) is 4. The van der Waals surface area contributed by atoms with E-state index in [1.54, 1.807) is 11.3 Å². The van der Waals surface area contributed by atoms with E-state index in [4.69, 9.17) is 0 Å². The largest absolute Gasteiger partial charge is 0.300 e. The molecule has 0 bridgehead atoms. The molecular weight excluding hydrogens is 248 g/mol. The van der Waals surface area contributed by atoms with Gasteiger partial charge in [0.2, 0.25) is 0 Å². The predicted octanol–water partition coefficient (Wildman–Crippen LogP) is 3.90. The van der Waals surface area contributed by atoms with Crippen LogP contribution in [0.2, 0.25) is 0 Å². The van der Waals surface area contributed by atoms with Crippen LogP contribution in [0.15, 0.2) is 21.7 Å². The van der Waals surface area contributed by atoms with Gasteiger partial charge in [0.05, 0.1) is 10.3 Å². The van der Waals surface area contributed by atoms with Gasteiger partial charge in [-0.2, -0.15) is 5.26 Å². The molecule has 0 aliphatic rings. The fourth-order valence-electron chi connectivity index (χ4n) is 1.53. The molecule has 1 aromatic heterocycles. The minimum Gasteiger partial charge on any atom is -0.300 e. The number of rotatable bonds is 8. The van der Waals surface area contributed by atoms with Crippen LogP contribution in [0.25, 0.3) is 0 Å². The van der Waals surface area contributed by atoms with Crippen molar-refractivity contribution in [3.63, 3.8) is 0 Å². The van der Waals surface area contributed by atoms with Gasteiger partial charge in [-0.1, -0.05) is 13.0 Å².